The lowest BCUT2D eigenvalue weighted by Gasteiger charge is -2.30. The van der Waals surface area contributed by atoms with Gasteiger partial charge < -0.3 is 15.3 Å². The number of likely N-dealkylation sites (tertiary alicyclic amines) is 1. The number of guanidine groups is 1. The molecule has 2 rings (SSSR count). The lowest BCUT2D eigenvalue weighted by Crippen LogP contribution is -2.46. The zero-order valence-electron chi connectivity index (χ0n) is 15.6. The lowest BCUT2D eigenvalue weighted by atomic mass is 10.1. The maximum absolute atomic E-state index is 13.0. The van der Waals surface area contributed by atoms with Gasteiger partial charge in [0.25, 0.3) is 0 Å². The topological polar surface area (TPSA) is 51.1 Å². The number of benzene rings is 1. The molecule has 1 fully saturated rings. The number of hydrogen-bond acceptors (Lipinski definition) is 3. The van der Waals surface area contributed by atoms with E-state index >= 15 is 0 Å². The zero-order chi connectivity index (χ0) is 18.2. The van der Waals surface area contributed by atoms with Crippen molar-refractivity contribution >= 4 is 5.96 Å². The van der Waals surface area contributed by atoms with Crippen LogP contribution >= 0.6 is 0 Å². The van der Waals surface area contributed by atoms with Crippen LogP contribution in [0.2, 0.25) is 0 Å². The van der Waals surface area contributed by atoms with E-state index in [4.69, 9.17) is 0 Å². The van der Waals surface area contributed by atoms with E-state index in [9.17, 15) is 9.50 Å². The van der Waals surface area contributed by atoms with Crippen LogP contribution in [0, 0.1) is 5.82 Å². The second kappa shape index (κ2) is 9.73. The highest BCUT2D eigenvalue weighted by Gasteiger charge is 2.25. The number of halogens is 1. The third-order valence-electron chi connectivity index (χ3n) is 4.76. The number of likely N-dealkylation sites (N-methyl/N-ethyl adjacent to an activating group) is 2. The molecule has 25 heavy (non-hydrogen) atoms. The summed E-state index contributed by atoms with van der Waals surface area (Å²) in [6, 6.07) is 6.48. The normalized spacial score (nSPS) is 19.9. The predicted molar refractivity (Wildman–Crippen MR) is 100 cm³/mol. The van der Waals surface area contributed by atoms with Crippen molar-refractivity contribution in [3.8, 4) is 0 Å². The van der Waals surface area contributed by atoms with Crippen LogP contribution in [0.15, 0.2) is 29.3 Å². The van der Waals surface area contributed by atoms with Crippen LogP contribution in [0.1, 0.15) is 38.4 Å². The van der Waals surface area contributed by atoms with E-state index in [-0.39, 0.29) is 12.4 Å². The molecule has 1 heterocycles. The molecule has 0 radical (unpaired) electrons. The van der Waals surface area contributed by atoms with Crippen LogP contribution in [0.4, 0.5) is 4.39 Å². The molecule has 1 aliphatic rings. The van der Waals surface area contributed by atoms with Gasteiger partial charge in [-0.1, -0.05) is 19.1 Å². The second-order valence-electron chi connectivity index (χ2n) is 6.57. The highest BCUT2D eigenvalue weighted by molar-refractivity contribution is 5.79. The Morgan fingerprint density at radius 2 is 2.12 bits per heavy atom. The van der Waals surface area contributed by atoms with Crippen LogP contribution in [0.3, 0.4) is 0 Å². The molecule has 0 bridgehead atoms. The third kappa shape index (κ3) is 5.68. The van der Waals surface area contributed by atoms with Crippen LogP contribution in [0.5, 0.6) is 0 Å². The van der Waals surface area contributed by atoms with Crippen molar-refractivity contribution in [2.75, 3.05) is 39.8 Å². The van der Waals surface area contributed by atoms with Crippen LogP contribution in [0.25, 0.3) is 0 Å². The fraction of sp³-hybridized carbons (Fsp3) is 0.632. The molecule has 6 heteroatoms. The molecule has 0 amide bonds. The first-order valence-corrected chi connectivity index (χ1v) is 9.22. The van der Waals surface area contributed by atoms with Gasteiger partial charge >= 0.3 is 0 Å². The van der Waals surface area contributed by atoms with Gasteiger partial charge in [-0.2, -0.15) is 0 Å². The van der Waals surface area contributed by atoms with Gasteiger partial charge in [0.15, 0.2) is 5.96 Å². The van der Waals surface area contributed by atoms with E-state index in [2.05, 4.69) is 27.0 Å². The number of rotatable bonds is 7. The second-order valence-corrected chi connectivity index (χ2v) is 6.57. The summed E-state index contributed by atoms with van der Waals surface area (Å²) in [5.41, 5.74) is 0.677. The first-order chi connectivity index (χ1) is 12.0. The third-order valence-corrected chi connectivity index (χ3v) is 4.76. The standard InChI is InChI=1S/C19H31FN4O/c1-4-21-19(23(3)14-17-7-6-12-24(17)5-2)22-13-18(25)15-8-10-16(20)11-9-15/h8-11,17-18,25H,4-7,12-14H2,1-3H3,(H,21,22). The number of hydrogen-bond donors (Lipinski definition) is 2. The van der Waals surface area contributed by atoms with Crippen molar-refractivity contribution < 1.29 is 9.50 Å². The monoisotopic (exact) mass is 350 g/mol. The fourth-order valence-electron chi connectivity index (χ4n) is 3.35. The van der Waals surface area contributed by atoms with Gasteiger partial charge in [0.1, 0.15) is 5.82 Å². The smallest absolute Gasteiger partial charge is 0.193 e. The highest BCUT2D eigenvalue weighted by atomic mass is 19.1. The summed E-state index contributed by atoms with van der Waals surface area (Å²) in [6.45, 7) is 8.44. The van der Waals surface area contributed by atoms with E-state index in [1.54, 1.807) is 12.1 Å². The molecule has 2 unspecified atom stereocenters. The number of nitrogens with one attached hydrogen (secondary N) is 1. The Balaban J connectivity index is 1.97. The van der Waals surface area contributed by atoms with Gasteiger partial charge in [-0.25, -0.2) is 4.39 Å². The average molecular weight is 350 g/mol. The Morgan fingerprint density at radius 1 is 1.40 bits per heavy atom. The van der Waals surface area contributed by atoms with E-state index in [0.717, 1.165) is 25.6 Å². The Morgan fingerprint density at radius 3 is 2.76 bits per heavy atom. The average Bonchev–Trinajstić information content (AvgIpc) is 3.05. The van der Waals surface area contributed by atoms with Crippen molar-refractivity contribution in [1.82, 2.24) is 15.1 Å². The largest absolute Gasteiger partial charge is 0.386 e. The lowest BCUT2D eigenvalue weighted by molar-refractivity contribution is 0.186. The molecule has 0 aliphatic carbocycles. The molecular formula is C19H31FN4O. The van der Waals surface area contributed by atoms with Crippen molar-refractivity contribution in [2.45, 2.75) is 38.8 Å². The molecule has 2 atom stereocenters. The molecule has 1 aromatic carbocycles. The van der Waals surface area contributed by atoms with Gasteiger partial charge in [0, 0.05) is 26.2 Å². The minimum atomic E-state index is -0.735. The first-order valence-electron chi connectivity index (χ1n) is 9.22. The molecular weight excluding hydrogens is 319 g/mol. The summed E-state index contributed by atoms with van der Waals surface area (Å²) < 4.78 is 13.0. The van der Waals surface area contributed by atoms with Crippen LogP contribution in [-0.4, -0.2) is 66.7 Å². The van der Waals surface area contributed by atoms with Gasteiger partial charge in [0.2, 0.25) is 0 Å². The molecule has 5 nitrogen and oxygen atoms in total. The molecule has 0 spiro atoms. The van der Waals surface area contributed by atoms with Gasteiger partial charge in [-0.3, -0.25) is 9.89 Å². The summed E-state index contributed by atoms with van der Waals surface area (Å²) in [6.07, 6.45) is 1.74. The Hall–Kier alpha value is -1.66. The number of aliphatic hydroxyl groups is 1. The maximum atomic E-state index is 13.0. The predicted octanol–water partition coefficient (Wildman–Crippen LogP) is 2.24. The van der Waals surface area contributed by atoms with E-state index in [1.807, 2.05) is 14.0 Å². The molecule has 0 aromatic heterocycles. The van der Waals surface area contributed by atoms with Gasteiger partial charge in [0.05, 0.1) is 12.6 Å². The number of nitrogens with zero attached hydrogens (tertiary/aromatic N) is 3. The molecule has 2 N–H and O–H groups in total. The fourth-order valence-corrected chi connectivity index (χ4v) is 3.35. The SMILES string of the molecule is CCNC(=NCC(O)c1ccc(F)cc1)N(C)CC1CCCN1CC. The number of aliphatic imine (C=N–C) groups is 1. The van der Waals surface area contributed by atoms with Crippen LogP contribution in [-0.2, 0) is 0 Å². The van der Waals surface area contributed by atoms with E-state index < -0.39 is 6.10 Å². The summed E-state index contributed by atoms with van der Waals surface area (Å²) in [5, 5.41) is 13.6. The summed E-state index contributed by atoms with van der Waals surface area (Å²) in [7, 11) is 2.04. The van der Waals surface area contributed by atoms with Crippen LogP contribution < -0.4 is 5.32 Å². The maximum Gasteiger partial charge on any atom is 0.193 e. The molecule has 0 saturated carbocycles. The molecule has 1 saturated heterocycles. The van der Waals surface area contributed by atoms with Crippen molar-refractivity contribution in [1.29, 1.82) is 0 Å². The summed E-state index contributed by atoms with van der Waals surface area (Å²) >= 11 is 0. The van der Waals surface area contributed by atoms with Crippen molar-refractivity contribution in [3.05, 3.63) is 35.6 Å². The van der Waals surface area contributed by atoms with Crippen molar-refractivity contribution in [2.24, 2.45) is 4.99 Å². The molecule has 140 valence electrons. The Labute approximate surface area is 150 Å². The quantitative estimate of drug-likeness (QED) is 0.585. The Kier molecular flexibility index (Phi) is 7.65. The number of aliphatic hydroxyl groups excluding tert-OH is 1. The highest BCUT2D eigenvalue weighted by Crippen LogP contribution is 2.18. The molecule has 1 aromatic rings. The summed E-state index contributed by atoms with van der Waals surface area (Å²) in [5.74, 6) is 0.496. The van der Waals surface area contributed by atoms with Gasteiger partial charge in [-0.15, -0.1) is 0 Å². The minimum Gasteiger partial charge on any atom is -0.386 e. The zero-order valence-corrected chi connectivity index (χ0v) is 15.6. The Bertz CT molecular complexity index is 549. The minimum absolute atomic E-state index is 0.250. The van der Waals surface area contributed by atoms with Gasteiger partial charge in [-0.05, 0) is 50.6 Å². The van der Waals surface area contributed by atoms with E-state index in [0.29, 0.717) is 11.6 Å². The first kappa shape index (κ1) is 19.7. The molecule has 1 aliphatic heterocycles. The summed E-state index contributed by atoms with van der Waals surface area (Å²) in [4.78, 5) is 9.22. The van der Waals surface area contributed by atoms with Crippen molar-refractivity contribution in [3.63, 3.8) is 0 Å². The van der Waals surface area contributed by atoms with E-state index in [1.165, 1.54) is 31.5 Å².